The molecule has 2 rings (SSSR count). The van der Waals surface area contributed by atoms with Gasteiger partial charge >= 0.3 is 0 Å². The minimum Gasteiger partial charge on any atom is -0.487 e. The van der Waals surface area contributed by atoms with E-state index in [1.165, 1.54) is 12.1 Å². The third kappa shape index (κ3) is 3.01. The Morgan fingerprint density at radius 2 is 2.06 bits per heavy atom. The standard InChI is InChI=1S/C14H13BrFNO/c1-9-3-2-4-13(14(9)17)18-8-10-5-11(15)7-12(16)6-10/h2-7H,8,17H2,1H3. The molecule has 0 spiro atoms. The van der Waals surface area contributed by atoms with Gasteiger partial charge in [0.15, 0.2) is 0 Å². The highest BCUT2D eigenvalue weighted by Crippen LogP contribution is 2.25. The van der Waals surface area contributed by atoms with E-state index in [1.807, 2.05) is 25.1 Å². The maximum absolute atomic E-state index is 13.2. The van der Waals surface area contributed by atoms with Gasteiger partial charge < -0.3 is 10.5 Å². The summed E-state index contributed by atoms with van der Waals surface area (Å²) in [6.07, 6.45) is 0. The van der Waals surface area contributed by atoms with Gasteiger partial charge in [-0.3, -0.25) is 0 Å². The fourth-order valence-corrected chi connectivity index (χ4v) is 2.15. The summed E-state index contributed by atoms with van der Waals surface area (Å²) in [5, 5.41) is 0. The molecule has 2 aromatic carbocycles. The van der Waals surface area contributed by atoms with Crippen LogP contribution in [0.25, 0.3) is 0 Å². The lowest BCUT2D eigenvalue weighted by atomic mass is 10.2. The quantitative estimate of drug-likeness (QED) is 0.868. The third-order valence-electron chi connectivity index (χ3n) is 2.60. The molecule has 0 saturated carbocycles. The van der Waals surface area contributed by atoms with Gasteiger partial charge in [0.25, 0.3) is 0 Å². The number of benzene rings is 2. The Hall–Kier alpha value is -1.55. The Bertz CT molecular complexity index is 551. The number of anilines is 1. The van der Waals surface area contributed by atoms with Crippen molar-refractivity contribution in [2.45, 2.75) is 13.5 Å². The molecule has 2 N–H and O–H groups in total. The monoisotopic (exact) mass is 309 g/mol. The summed E-state index contributed by atoms with van der Waals surface area (Å²) in [5.74, 6) is 0.329. The van der Waals surface area contributed by atoms with Gasteiger partial charge in [0, 0.05) is 4.47 Å². The molecule has 2 nitrogen and oxygen atoms in total. The number of aryl methyl sites for hydroxylation is 1. The van der Waals surface area contributed by atoms with Crippen molar-refractivity contribution in [2.24, 2.45) is 0 Å². The van der Waals surface area contributed by atoms with Gasteiger partial charge in [-0.1, -0.05) is 28.1 Å². The van der Waals surface area contributed by atoms with Crippen LogP contribution in [0.3, 0.4) is 0 Å². The Kier molecular flexibility index (Phi) is 3.87. The lowest BCUT2D eigenvalue weighted by molar-refractivity contribution is 0.307. The van der Waals surface area contributed by atoms with Crippen LogP contribution in [0.15, 0.2) is 40.9 Å². The second kappa shape index (κ2) is 5.40. The smallest absolute Gasteiger partial charge is 0.142 e. The van der Waals surface area contributed by atoms with Crippen LogP contribution >= 0.6 is 15.9 Å². The van der Waals surface area contributed by atoms with Crippen LogP contribution in [0.1, 0.15) is 11.1 Å². The molecule has 0 aromatic heterocycles. The molecule has 0 atom stereocenters. The molecule has 18 heavy (non-hydrogen) atoms. The summed E-state index contributed by atoms with van der Waals surface area (Å²) >= 11 is 3.25. The van der Waals surface area contributed by atoms with Crippen LogP contribution in [0.2, 0.25) is 0 Å². The Morgan fingerprint density at radius 1 is 1.28 bits per heavy atom. The highest BCUT2D eigenvalue weighted by Gasteiger charge is 2.04. The Balaban J connectivity index is 2.14. The molecule has 0 unspecified atom stereocenters. The maximum atomic E-state index is 13.2. The SMILES string of the molecule is Cc1cccc(OCc2cc(F)cc(Br)c2)c1N. The largest absolute Gasteiger partial charge is 0.487 e. The van der Waals surface area contributed by atoms with E-state index in [0.29, 0.717) is 15.9 Å². The summed E-state index contributed by atoms with van der Waals surface area (Å²) < 4.78 is 19.5. The Morgan fingerprint density at radius 3 is 2.78 bits per heavy atom. The third-order valence-corrected chi connectivity index (χ3v) is 3.06. The van der Waals surface area contributed by atoms with Crippen molar-refractivity contribution in [3.8, 4) is 5.75 Å². The average Bonchev–Trinajstić information content (AvgIpc) is 2.30. The van der Waals surface area contributed by atoms with Gasteiger partial charge in [-0.05, 0) is 42.3 Å². The molecule has 4 heteroatoms. The van der Waals surface area contributed by atoms with Gasteiger partial charge in [0.05, 0.1) is 5.69 Å². The number of hydrogen-bond acceptors (Lipinski definition) is 2. The van der Waals surface area contributed by atoms with Crippen LogP contribution in [0.5, 0.6) is 5.75 Å². The summed E-state index contributed by atoms with van der Waals surface area (Å²) in [4.78, 5) is 0. The number of rotatable bonds is 3. The Labute approximate surface area is 114 Å². The molecule has 0 radical (unpaired) electrons. The van der Waals surface area contributed by atoms with E-state index in [2.05, 4.69) is 15.9 Å². The first-order chi connectivity index (χ1) is 8.56. The molecular formula is C14H13BrFNO. The van der Waals surface area contributed by atoms with Gasteiger partial charge in [-0.15, -0.1) is 0 Å². The highest BCUT2D eigenvalue weighted by molar-refractivity contribution is 9.10. The first-order valence-corrected chi connectivity index (χ1v) is 6.28. The molecule has 0 fully saturated rings. The van der Waals surface area contributed by atoms with Crippen molar-refractivity contribution in [1.82, 2.24) is 0 Å². The second-order valence-corrected chi connectivity index (χ2v) is 4.97. The number of halogens is 2. The van der Waals surface area contributed by atoms with E-state index in [-0.39, 0.29) is 12.4 Å². The van der Waals surface area contributed by atoms with Crippen LogP contribution in [0.4, 0.5) is 10.1 Å². The predicted octanol–water partition coefficient (Wildman–Crippen LogP) is 4.06. The van der Waals surface area contributed by atoms with E-state index in [1.54, 1.807) is 6.07 Å². The van der Waals surface area contributed by atoms with Crippen LogP contribution in [-0.2, 0) is 6.61 Å². The first kappa shape index (κ1) is 12.9. The lowest BCUT2D eigenvalue weighted by Crippen LogP contribution is -2.00. The summed E-state index contributed by atoms with van der Waals surface area (Å²) in [7, 11) is 0. The zero-order chi connectivity index (χ0) is 13.1. The molecule has 2 aromatic rings. The van der Waals surface area contributed by atoms with Crippen molar-refractivity contribution in [3.05, 3.63) is 57.8 Å². The zero-order valence-electron chi connectivity index (χ0n) is 9.91. The predicted molar refractivity (Wildman–Crippen MR) is 74.0 cm³/mol. The number of hydrogen-bond donors (Lipinski definition) is 1. The molecule has 0 amide bonds. The van der Waals surface area contributed by atoms with Gasteiger partial charge in [0.2, 0.25) is 0 Å². The van der Waals surface area contributed by atoms with Crippen LogP contribution < -0.4 is 10.5 Å². The fraction of sp³-hybridized carbons (Fsp3) is 0.143. The van der Waals surface area contributed by atoms with Gasteiger partial charge in [-0.2, -0.15) is 0 Å². The van der Waals surface area contributed by atoms with Crippen molar-refractivity contribution >= 4 is 21.6 Å². The molecule has 0 bridgehead atoms. The molecule has 0 aliphatic heterocycles. The fourth-order valence-electron chi connectivity index (χ4n) is 1.63. The molecule has 0 saturated heterocycles. The lowest BCUT2D eigenvalue weighted by Gasteiger charge is -2.10. The van der Waals surface area contributed by atoms with Gasteiger partial charge in [-0.25, -0.2) is 4.39 Å². The normalized spacial score (nSPS) is 10.4. The minimum atomic E-state index is -0.291. The molecule has 0 heterocycles. The zero-order valence-corrected chi connectivity index (χ0v) is 11.5. The number of ether oxygens (including phenoxy) is 1. The average molecular weight is 310 g/mol. The second-order valence-electron chi connectivity index (χ2n) is 4.05. The van der Waals surface area contributed by atoms with Crippen LogP contribution in [0, 0.1) is 12.7 Å². The molecule has 0 aliphatic carbocycles. The summed E-state index contributed by atoms with van der Waals surface area (Å²) in [6, 6.07) is 10.3. The van der Waals surface area contributed by atoms with Crippen molar-refractivity contribution in [3.63, 3.8) is 0 Å². The minimum absolute atomic E-state index is 0.282. The first-order valence-electron chi connectivity index (χ1n) is 5.49. The van der Waals surface area contributed by atoms with Crippen molar-refractivity contribution in [1.29, 1.82) is 0 Å². The van der Waals surface area contributed by atoms with Crippen molar-refractivity contribution < 1.29 is 9.13 Å². The maximum Gasteiger partial charge on any atom is 0.142 e. The van der Waals surface area contributed by atoms with Crippen LogP contribution in [-0.4, -0.2) is 0 Å². The topological polar surface area (TPSA) is 35.2 Å². The molecule has 94 valence electrons. The molecular weight excluding hydrogens is 297 g/mol. The van der Waals surface area contributed by atoms with Gasteiger partial charge in [0.1, 0.15) is 18.2 Å². The van der Waals surface area contributed by atoms with Crippen molar-refractivity contribution in [2.75, 3.05) is 5.73 Å². The number of nitrogens with two attached hydrogens (primary N) is 1. The molecule has 0 aliphatic rings. The highest BCUT2D eigenvalue weighted by atomic mass is 79.9. The number of nitrogen functional groups attached to an aromatic ring is 1. The summed E-state index contributed by atoms with van der Waals surface area (Å²) in [6.45, 7) is 2.20. The summed E-state index contributed by atoms with van der Waals surface area (Å²) in [5.41, 5.74) is 8.23. The van der Waals surface area contributed by atoms with E-state index in [0.717, 1.165) is 11.1 Å². The van der Waals surface area contributed by atoms with E-state index in [4.69, 9.17) is 10.5 Å². The number of para-hydroxylation sites is 1. The van der Waals surface area contributed by atoms with E-state index < -0.39 is 0 Å². The van der Waals surface area contributed by atoms with E-state index in [9.17, 15) is 4.39 Å². The van der Waals surface area contributed by atoms with E-state index >= 15 is 0 Å².